The van der Waals surface area contributed by atoms with Gasteiger partial charge in [0.15, 0.2) is 0 Å². The molecular formula is C18H25N5. The molecule has 0 aliphatic heterocycles. The minimum Gasteiger partial charge on any atom is -0.399 e. The van der Waals surface area contributed by atoms with E-state index in [-0.39, 0.29) is 11.2 Å². The van der Waals surface area contributed by atoms with E-state index >= 15 is 0 Å². The SMILES string of the molecule is CNC1(NC)CC(NC)(c2ccc(N)cc2)c2ccc(N)cc21. The molecule has 2 aromatic carbocycles. The lowest BCUT2D eigenvalue weighted by Gasteiger charge is -2.35. The van der Waals surface area contributed by atoms with Gasteiger partial charge in [0.2, 0.25) is 0 Å². The predicted octanol–water partition coefficient (Wildman–Crippen LogP) is 1.31. The largest absolute Gasteiger partial charge is 0.399 e. The molecule has 0 spiro atoms. The number of hydrogen-bond acceptors (Lipinski definition) is 5. The highest BCUT2D eigenvalue weighted by molar-refractivity contribution is 5.58. The van der Waals surface area contributed by atoms with Crippen molar-refractivity contribution in [3.63, 3.8) is 0 Å². The lowest BCUT2D eigenvalue weighted by Crippen LogP contribution is -2.52. The van der Waals surface area contributed by atoms with Crippen molar-refractivity contribution in [3.05, 3.63) is 59.2 Å². The number of rotatable bonds is 4. The average Bonchev–Trinajstić information content (AvgIpc) is 2.86. The van der Waals surface area contributed by atoms with Crippen molar-refractivity contribution in [2.24, 2.45) is 0 Å². The first-order chi connectivity index (χ1) is 11.0. The molecule has 1 aliphatic rings. The monoisotopic (exact) mass is 311 g/mol. The van der Waals surface area contributed by atoms with Gasteiger partial charge in [-0.05, 0) is 62.1 Å². The molecule has 0 saturated heterocycles. The molecule has 1 unspecified atom stereocenters. The number of hydrogen-bond donors (Lipinski definition) is 5. The molecule has 0 fully saturated rings. The zero-order valence-electron chi connectivity index (χ0n) is 13.9. The van der Waals surface area contributed by atoms with E-state index in [9.17, 15) is 0 Å². The van der Waals surface area contributed by atoms with Gasteiger partial charge in [0.1, 0.15) is 0 Å². The Bertz CT molecular complexity index is 706. The minimum atomic E-state index is -0.338. The zero-order chi connectivity index (χ0) is 16.7. The summed E-state index contributed by atoms with van der Waals surface area (Å²) in [5.74, 6) is 0. The lowest BCUT2D eigenvalue weighted by molar-refractivity contribution is 0.245. The fraction of sp³-hybridized carbons (Fsp3) is 0.333. The van der Waals surface area contributed by atoms with E-state index < -0.39 is 0 Å². The van der Waals surface area contributed by atoms with Gasteiger partial charge in [-0.25, -0.2) is 0 Å². The Balaban J connectivity index is 2.26. The second-order valence-corrected chi connectivity index (χ2v) is 6.16. The van der Waals surface area contributed by atoms with Crippen molar-refractivity contribution >= 4 is 11.4 Å². The summed E-state index contributed by atoms with van der Waals surface area (Å²) in [4.78, 5) is 0. The van der Waals surface area contributed by atoms with E-state index in [4.69, 9.17) is 11.5 Å². The van der Waals surface area contributed by atoms with Gasteiger partial charge in [0.05, 0.1) is 11.2 Å². The Morgan fingerprint density at radius 1 is 0.783 bits per heavy atom. The van der Waals surface area contributed by atoms with Crippen LogP contribution >= 0.6 is 0 Å². The molecule has 0 saturated carbocycles. The standard InChI is InChI=1S/C18H25N5/c1-21-17(12-4-6-13(19)7-5-12)11-18(22-2,23-3)16-10-14(20)8-9-15(16)17/h4-10,21-23H,11,19-20H2,1-3H3. The van der Waals surface area contributed by atoms with Crippen molar-refractivity contribution in [3.8, 4) is 0 Å². The van der Waals surface area contributed by atoms with Gasteiger partial charge in [-0.3, -0.25) is 10.6 Å². The van der Waals surface area contributed by atoms with Crippen LogP contribution in [0.4, 0.5) is 11.4 Å². The minimum absolute atomic E-state index is 0.303. The molecule has 1 atom stereocenters. The second kappa shape index (κ2) is 5.53. The van der Waals surface area contributed by atoms with Crippen molar-refractivity contribution in [1.82, 2.24) is 16.0 Å². The van der Waals surface area contributed by atoms with E-state index in [2.05, 4.69) is 40.2 Å². The molecule has 0 bridgehead atoms. The van der Waals surface area contributed by atoms with Crippen LogP contribution in [0.3, 0.4) is 0 Å². The molecule has 5 nitrogen and oxygen atoms in total. The molecule has 5 heteroatoms. The quantitative estimate of drug-likeness (QED) is 0.434. The Hall–Kier alpha value is -2.08. The number of nitrogens with one attached hydrogen (secondary N) is 3. The first-order valence-corrected chi connectivity index (χ1v) is 7.84. The highest BCUT2D eigenvalue weighted by atomic mass is 15.2. The van der Waals surface area contributed by atoms with Crippen molar-refractivity contribution in [2.75, 3.05) is 32.6 Å². The van der Waals surface area contributed by atoms with Crippen LogP contribution < -0.4 is 27.4 Å². The molecule has 2 aromatic rings. The molecular weight excluding hydrogens is 286 g/mol. The number of nitrogen functional groups attached to an aromatic ring is 2. The molecule has 23 heavy (non-hydrogen) atoms. The summed E-state index contributed by atoms with van der Waals surface area (Å²) in [6.45, 7) is 0. The van der Waals surface area contributed by atoms with Crippen LogP contribution in [0, 0.1) is 0 Å². The van der Waals surface area contributed by atoms with Gasteiger partial charge in [-0.1, -0.05) is 18.2 Å². The van der Waals surface area contributed by atoms with Crippen molar-refractivity contribution in [1.29, 1.82) is 0 Å². The summed E-state index contributed by atoms with van der Waals surface area (Å²) in [6.07, 6.45) is 0.826. The molecule has 0 amide bonds. The highest BCUT2D eigenvalue weighted by Gasteiger charge is 2.51. The number of nitrogens with two attached hydrogens (primary N) is 2. The Labute approximate surface area is 137 Å². The van der Waals surface area contributed by atoms with Crippen LogP contribution in [0.2, 0.25) is 0 Å². The van der Waals surface area contributed by atoms with Gasteiger partial charge in [-0.15, -0.1) is 0 Å². The third kappa shape index (κ3) is 2.20. The van der Waals surface area contributed by atoms with E-state index in [0.29, 0.717) is 0 Å². The smallest absolute Gasteiger partial charge is 0.0973 e. The van der Waals surface area contributed by atoms with E-state index in [1.165, 1.54) is 16.7 Å². The Kier molecular flexibility index (Phi) is 3.80. The highest BCUT2D eigenvalue weighted by Crippen LogP contribution is 2.49. The second-order valence-electron chi connectivity index (χ2n) is 6.16. The van der Waals surface area contributed by atoms with Crippen molar-refractivity contribution in [2.45, 2.75) is 17.6 Å². The molecule has 122 valence electrons. The van der Waals surface area contributed by atoms with E-state index in [1.807, 2.05) is 39.3 Å². The van der Waals surface area contributed by atoms with E-state index in [1.54, 1.807) is 0 Å². The van der Waals surface area contributed by atoms with Gasteiger partial charge >= 0.3 is 0 Å². The third-order valence-electron chi connectivity index (χ3n) is 5.18. The fourth-order valence-corrected chi connectivity index (χ4v) is 3.84. The topological polar surface area (TPSA) is 88.1 Å². The first kappa shape index (κ1) is 15.8. The molecule has 0 aromatic heterocycles. The maximum Gasteiger partial charge on any atom is 0.0973 e. The molecule has 1 aliphatic carbocycles. The van der Waals surface area contributed by atoms with Crippen LogP contribution in [0.25, 0.3) is 0 Å². The summed E-state index contributed by atoms with van der Waals surface area (Å²) in [6, 6.07) is 14.2. The first-order valence-electron chi connectivity index (χ1n) is 7.84. The normalized spacial score (nSPS) is 22.0. The van der Waals surface area contributed by atoms with Crippen LogP contribution in [0.5, 0.6) is 0 Å². The third-order valence-corrected chi connectivity index (χ3v) is 5.18. The summed E-state index contributed by atoms with van der Waals surface area (Å²) in [5, 5.41) is 10.4. The molecule has 0 heterocycles. The number of fused-ring (bicyclic) bond motifs is 1. The molecule has 0 radical (unpaired) electrons. The zero-order valence-corrected chi connectivity index (χ0v) is 13.9. The molecule has 7 N–H and O–H groups in total. The summed E-state index contributed by atoms with van der Waals surface area (Å²) in [7, 11) is 5.94. The van der Waals surface area contributed by atoms with Crippen LogP contribution in [-0.2, 0) is 11.2 Å². The van der Waals surface area contributed by atoms with Gasteiger partial charge in [0.25, 0.3) is 0 Å². The van der Waals surface area contributed by atoms with Crippen molar-refractivity contribution < 1.29 is 0 Å². The van der Waals surface area contributed by atoms with Gasteiger partial charge in [0, 0.05) is 17.8 Å². The number of benzene rings is 2. The Morgan fingerprint density at radius 2 is 1.39 bits per heavy atom. The average molecular weight is 311 g/mol. The number of anilines is 2. The molecule has 3 rings (SSSR count). The summed E-state index contributed by atoms with van der Waals surface area (Å²) in [5.41, 5.74) is 16.4. The fourth-order valence-electron chi connectivity index (χ4n) is 3.84. The van der Waals surface area contributed by atoms with E-state index in [0.717, 1.165) is 17.8 Å². The summed E-state index contributed by atoms with van der Waals surface area (Å²) < 4.78 is 0. The summed E-state index contributed by atoms with van der Waals surface area (Å²) >= 11 is 0. The Morgan fingerprint density at radius 3 is 1.96 bits per heavy atom. The van der Waals surface area contributed by atoms with Gasteiger partial charge in [-0.2, -0.15) is 0 Å². The van der Waals surface area contributed by atoms with Crippen LogP contribution in [0.1, 0.15) is 23.1 Å². The van der Waals surface area contributed by atoms with Crippen LogP contribution in [0.15, 0.2) is 42.5 Å². The lowest BCUT2D eigenvalue weighted by atomic mass is 9.83. The van der Waals surface area contributed by atoms with Gasteiger partial charge < -0.3 is 16.8 Å². The maximum atomic E-state index is 6.06. The van der Waals surface area contributed by atoms with Crippen LogP contribution in [-0.4, -0.2) is 21.1 Å². The predicted molar refractivity (Wildman–Crippen MR) is 96.0 cm³/mol. The maximum absolute atomic E-state index is 6.06.